The molecule has 12 heteroatoms. The Balaban J connectivity index is 1.93. The number of rotatable bonds is 8. The molecule has 0 aliphatic rings. The van der Waals surface area contributed by atoms with E-state index in [1.165, 1.54) is 13.2 Å². The van der Waals surface area contributed by atoms with Crippen molar-refractivity contribution >= 4 is 23.3 Å². The SMILES string of the molecule is C[C@@H](Nc1ccc(C(F)(F)F)cc1[N+](=O)[O-])C(=O)OCC(=O)NCc1ccco1. The number of nitrogens with zero attached hydrogens (tertiary/aromatic N) is 1. The maximum atomic E-state index is 12.7. The van der Waals surface area contributed by atoms with Crippen LogP contribution in [-0.4, -0.2) is 29.4 Å². The van der Waals surface area contributed by atoms with E-state index in [1.54, 1.807) is 12.1 Å². The first-order valence-corrected chi connectivity index (χ1v) is 8.16. The van der Waals surface area contributed by atoms with Gasteiger partial charge in [0.15, 0.2) is 6.61 Å². The first-order valence-electron chi connectivity index (χ1n) is 8.16. The summed E-state index contributed by atoms with van der Waals surface area (Å²) in [5.41, 5.74) is -2.34. The monoisotopic (exact) mass is 415 g/mol. The molecule has 156 valence electrons. The number of nitro benzene ring substituents is 1. The van der Waals surface area contributed by atoms with Crippen LogP contribution >= 0.6 is 0 Å². The molecule has 2 aromatic rings. The van der Waals surface area contributed by atoms with E-state index in [4.69, 9.17) is 9.15 Å². The molecule has 0 unspecified atom stereocenters. The van der Waals surface area contributed by atoms with Crippen molar-refractivity contribution in [1.82, 2.24) is 5.32 Å². The molecule has 1 atom stereocenters. The molecule has 0 aliphatic carbocycles. The first kappa shape index (κ1) is 21.7. The minimum absolute atomic E-state index is 0.0922. The number of hydrogen-bond acceptors (Lipinski definition) is 7. The predicted octanol–water partition coefficient (Wildman–Crippen LogP) is 2.87. The molecule has 0 spiro atoms. The predicted molar refractivity (Wildman–Crippen MR) is 92.7 cm³/mol. The van der Waals surface area contributed by atoms with Gasteiger partial charge in [-0.05, 0) is 31.2 Å². The second-order valence-corrected chi connectivity index (χ2v) is 5.82. The van der Waals surface area contributed by atoms with Crippen molar-refractivity contribution in [3.63, 3.8) is 0 Å². The second-order valence-electron chi connectivity index (χ2n) is 5.82. The summed E-state index contributed by atoms with van der Waals surface area (Å²) in [6.45, 7) is 0.764. The Kier molecular flexibility index (Phi) is 6.80. The lowest BCUT2D eigenvalue weighted by Gasteiger charge is -2.15. The van der Waals surface area contributed by atoms with Crippen LogP contribution in [0, 0.1) is 10.1 Å². The molecule has 9 nitrogen and oxygen atoms in total. The van der Waals surface area contributed by atoms with Gasteiger partial charge in [0.05, 0.1) is 23.3 Å². The smallest absolute Gasteiger partial charge is 0.416 e. The molecular formula is C17H16F3N3O6. The number of anilines is 1. The zero-order valence-corrected chi connectivity index (χ0v) is 15.0. The number of esters is 1. The van der Waals surface area contributed by atoms with Gasteiger partial charge < -0.3 is 19.8 Å². The van der Waals surface area contributed by atoms with Gasteiger partial charge in [-0.1, -0.05) is 0 Å². The van der Waals surface area contributed by atoms with Crippen molar-refractivity contribution in [3.05, 3.63) is 58.0 Å². The molecule has 0 aliphatic heterocycles. The van der Waals surface area contributed by atoms with Crippen LogP contribution < -0.4 is 10.6 Å². The quantitative estimate of drug-likeness (QED) is 0.386. The first-order chi connectivity index (χ1) is 13.6. The molecule has 29 heavy (non-hydrogen) atoms. The molecule has 1 amide bonds. The van der Waals surface area contributed by atoms with Crippen LogP contribution in [-0.2, 0) is 27.0 Å². The number of benzene rings is 1. The number of furan rings is 1. The molecule has 0 saturated heterocycles. The van der Waals surface area contributed by atoms with Crippen molar-refractivity contribution in [1.29, 1.82) is 0 Å². The van der Waals surface area contributed by atoms with E-state index < -0.39 is 46.9 Å². The van der Waals surface area contributed by atoms with Gasteiger partial charge >= 0.3 is 12.1 Å². The summed E-state index contributed by atoms with van der Waals surface area (Å²) in [7, 11) is 0. The average Bonchev–Trinajstić information content (AvgIpc) is 3.17. The Labute approximate surface area is 162 Å². The number of ether oxygens (including phenoxy) is 1. The minimum Gasteiger partial charge on any atom is -0.467 e. The van der Waals surface area contributed by atoms with Gasteiger partial charge in [0.2, 0.25) is 0 Å². The molecule has 0 radical (unpaired) electrons. The summed E-state index contributed by atoms with van der Waals surface area (Å²) in [4.78, 5) is 33.7. The van der Waals surface area contributed by atoms with E-state index >= 15 is 0 Å². The van der Waals surface area contributed by atoms with Crippen molar-refractivity contribution in [2.75, 3.05) is 11.9 Å². The topological polar surface area (TPSA) is 124 Å². The third-order valence-corrected chi connectivity index (χ3v) is 3.63. The third kappa shape index (κ3) is 6.23. The zero-order chi connectivity index (χ0) is 21.6. The Hall–Kier alpha value is -3.57. The molecule has 1 aromatic heterocycles. The van der Waals surface area contributed by atoms with Gasteiger partial charge in [0.1, 0.15) is 17.5 Å². The number of carbonyl (C=O) groups excluding carboxylic acids is 2. The largest absolute Gasteiger partial charge is 0.467 e. The summed E-state index contributed by atoms with van der Waals surface area (Å²) in [5, 5.41) is 15.9. The highest BCUT2D eigenvalue weighted by Gasteiger charge is 2.33. The lowest BCUT2D eigenvalue weighted by Crippen LogP contribution is -2.33. The fourth-order valence-corrected chi connectivity index (χ4v) is 2.18. The van der Waals surface area contributed by atoms with E-state index in [2.05, 4.69) is 10.6 Å². The normalized spacial score (nSPS) is 12.1. The number of alkyl halides is 3. The summed E-state index contributed by atoms with van der Waals surface area (Å²) >= 11 is 0. The minimum atomic E-state index is -4.75. The molecular weight excluding hydrogens is 399 g/mol. The lowest BCUT2D eigenvalue weighted by atomic mass is 10.1. The fraction of sp³-hybridized carbons (Fsp3) is 0.294. The van der Waals surface area contributed by atoms with Gasteiger partial charge in [-0.2, -0.15) is 13.2 Å². The van der Waals surface area contributed by atoms with Gasteiger partial charge in [-0.15, -0.1) is 0 Å². The molecule has 1 aromatic carbocycles. The number of amides is 1. The Morgan fingerprint density at radius 3 is 2.62 bits per heavy atom. The Bertz CT molecular complexity index is 883. The number of nitrogens with one attached hydrogen (secondary N) is 2. The maximum Gasteiger partial charge on any atom is 0.416 e. The van der Waals surface area contributed by atoms with Crippen LogP contribution in [0.15, 0.2) is 41.0 Å². The van der Waals surface area contributed by atoms with Gasteiger partial charge in [0, 0.05) is 6.07 Å². The molecule has 0 bridgehead atoms. The van der Waals surface area contributed by atoms with Crippen molar-refractivity contribution in [3.8, 4) is 0 Å². The molecule has 0 fully saturated rings. The summed E-state index contributed by atoms with van der Waals surface area (Å²) in [6.07, 6.45) is -3.33. The highest BCUT2D eigenvalue weighted by atomic mass is 19.4. The van der Waals surface area contributed by atoms with Crippen LogP contribution in [0.5, 0.6) is 0 Å². The van der Waals surface area contributed by atoms with E-state index in [1.807, 2.05) is 0 Å². The molecule has 1 heterocycles. The average molecular weight is 415 g/mol. The van der Waals surface area contributed by atoms with E-state index in [0.29, 0.717) is 17.9 Å². The number of halogens is 3. The van der Waals surface area contributed by atoms with Crippen LogP contribution in [0.25, 0.3) is 0 Å². The van der Waals surface area contributed by atoms with Crippen LogP contribution in [0.3, 0.4) is 0 Å². The summed E-state index contributed by atoms with van der Waals surface area (Å²) < 4.78 is 48.0. The van der Waals surface area contributed by atoms with Gasteiger partial charge in [0.25, 0.3) is 11.6 Å². The Morgan fingerprint density at radius 1 is 1.31 bits per heavy atom. The van der Waals surface area contributed by atoms with Gasteiger partial charge in [-0.3, -0.25) is 14.9 Å². The van der Waals surface area contributed by atoms with E-state index in [-0.39, 0.29) is 12.2 Å². The zero-order valence-electron chi connectivity index (χ0n) is 15.0. The van der Waals surface area contributed by atoms with Gasteiger partial charge in [-0.25, -0.2) is 4.79 Å². The third-order valence-electron chi connectivity index (χ3n) is 3.63. The van der Waals surface area contributed by atoms with Crippen molar-refractivity contribution in [2.45, 2.75) is 25.7 Å². The van der Waals surface area contributed by atoms with Crippen LogP contribution in [0.2, 0.25) is 0 Å². The summed E-state index contributed by atoms with van der Waals surface area (Å²) in [6, 6.07) is 3.96. The van der Waals surface area contributed by atoms with E-state index in [0.717, 1.165) is 6.07 Å². The van der Waals surface area contributed by atoms with Crippen LogP contribution in [0.1, 0.15) is 18.2 Å². The van der Waals surface area contributed by atoms with E-state index in [9.17, 15) is 32.9 Å². The van der Waals surface area contributed by atoms with Crippen molar-refractivity contribution in [2.24, 2.45) is 0 Å². The number of carbonyl (C=O) groups is 2. The second kappa shape index (κ2) is 9.08. The lowest BCUT2D eigenvalue weighted by molar-refractivity contribution is -0.384. The summed E-state index contributed by atoms with van der Waals surface area (Å²) in [5.74, 6) is -1.04. The molecule has 2 rings (SSSR count). The standard InChI is InChI=1S/C17H16F3N3O6/c1-10(16(25)29-9-15(24)21-8-12-3-2-6-28-12)22-13-5-4-11(17(18,19)20)7-14(13)23(26)27/h2-7,10,22H,8-9H2,1H3,(H,21,24)/t10-/m1/s1. The number of nitro groups is 1. The highest BCUT2D eigenvalue weighted by molar-refractivity contribution is 5.84. The molecule has 2 N–H and O–H groups in total. The molecule has 0 saturated carbocycles. The maximum absolute atomic E-state index is 12.7. The number of hydrogen-bond donors (Lipinski definition) is 2. The fourth-order valence-electron chi connectivity index (χ4n) is 2.18. The Morgan fingerprint density at radius 2 is 2.03 bits per heavy atom. The highest BCUT2D eigenvalue weighted by Crippen LogP contribution is 2.35. The van der Waals surface area contributed by atoms with Crippen LogP contribution in [0.4, 0.5) is 24.5 Å². The van der Waals surface area contributed by atoms with Crippen molar-refractivity contribution < 1.29 is 36.8 Å².